The first-order chi connectivity index (χ1) is 15.5. The number of carbonyl (C=O) groups excluding carboxylic acids is 1. The summed E-state index contributed by atoms with van der Waals surface area (Å²) in [7, 11) is 0. The molecule has 33 heavy (non-hydrogen) atoms. The number of unbranched alkanes of at least 4 members (excludes halogenated alkanes) is 1. The summed E-state index contributed by atoms with van der Waals surface area (Å²) in [5.74, 6) is -2.18. The molecular formula is C27H34Cl2O4. The van der Waals surface area contributed by atoms with Crippen molar-refractivity contribution in [1.29, 1.82) is 0 Å². The maximum Gasteiger partial charge on any atom is 0.309 e. The first-order valence-electron chi connectivity index (χ1n) is 11.5. The fourth-order valence-corrected chi connectivity index (χ4v) is 4.30. The Balaban J connectivity index is 2.06. The lowest BCUT2D eigenvalue weighted by Gasteiger charge is -2.25. The molecule has 0 spiro atoms. The molecule has 6 heteroatoms. The van der Waals surface area contributed by atoms with Crippen molar-refractivity contribution >= 4 is 35.1 Å². The molecule has 0 aromatic heterocycles. The zero-order chi connectivity index (χ0) is 24.6. The summed E-state index contributed by atoms with van der Waals surface area (Å²) in [6, 6.07) is 13.4. The predicted molar refractivity (Wildman–Crippen MR) is 135 cm³/mol. The number of aryl methyl sites for hydroxylation is 1. The molecule has 0 aliphatic heterocycles. The summed E-state index contributed by atoms with van der Waals surface area (Å²) in [5, 5.41) is 11.0. The first-order valence-corrected chi connectivity index (χ1v) is 12.2. The number of rotatable bonds is 11. The molecule has 0 aliphatic carbocycles. The molecule has 4 nitrogen and oxygen atoms in total. The van der Waals surface area contributed by atoms with Gasteiger partial charge in [-0.3, -0.25) is 9.59 Å². The normalized spacial score (nSPS) is 13.4. The third-order valence-electron chi connectivity index (χ3n) is 5.50. The number of carboxylic acids is 1. The monoisotopic (exact) mass is 492 g/mol. The fourth-order valence-electron chi connectivity index (χ4n) is 3.78. The average molecular weight is 493 g/mol. The third kappa shape index (κ3) is 9.38. The summed E-state index contributed by atoms with van der Waals surface area (Å²) in [6.07, 6.45) is 3.83. The summed E-state index contributed by atoms with van der Waals surface area (Å²) in [6.45, 7) is 7.55. The van der Waals surface area contributed by atoms with Crippen molar-refractivity contribution in [1.82, 2.24) is 0 Å². The molecule has 1 N–H and O–H groups in total. The Kier molecular flexibility index (Phi) is 10.2. The highest BCUT2D eigenvalue weighted by Crippen LogP contribution is 2.29. The minimum absolute atomic E-state index is 0.295. The van der Waals surface area contributed by atoms with Crippen LogP contribution in [0.2, 0.25) is 10.0 Å². The molecule has 2 atom stereocenters. The van der Waals surface area contributed by atoms with E-state index in [1.54, 1.807) is 6.07 Å². The second-order valence-corrected chi connectivity index (χ2v) is 10.4. The van der Waals surface area contributed by atoms with Crippen molar-refractivity contribution in [3.05, 3.63) is 58.1 Å². The molecule has 0 radical (unpaired) electrons. The van der Waals surface area contributed by atoms with Crippen molar-refractivity contribution in [2.24, 2.45) is 11.8 Å². The molecule has 0 amide bonds. The number of hydrogen-bond donors (Lipinski definition) is 1. The maximum atomic E-state index is 12.7. The Morgan fingerprint density at radius 2 is 1.55 bits per heavy atom. The standard InChI is InChI=1S/C27H34Cl2O4/c1-5-6-7-21(26(32)33-27(2,3)4)14-20(25(30)31)13-10-18-8-11-19(12-9-18)22-15-23(28)17-24(29)16-22/h8-9,11-12,15-17,20-21H,5-7,10,13-14H2,1-4H3,(H,30,31)/t20-,21-/m0/s1. The quantitative estimate of drug-likeness (QED) is 0.324. The van der Waals surface area contributed by atoms with Crippen molar-refractivity contribution in [3.8, 4) is 11.1 Å². The van der Waals surface area contributed by atoms with E-state index in [1.165, 1.54) is 0 Å². The first kappa shape index (κ1) is 27.2. The molecule has 180 valence electrons. The van der Waals surface area contributed by atoms with Gasteiger partial charge in [-0.15, -0.1) is 0 Å². The summed E-state index contributed by atoms with van der Waals surface area (Å²) in [4.78, 5) is 24.6. The van der Waals surface area contributed by atoms with E-state index in [2.05, 4.69) is 6.92 Å². The van der Waals surface area contributed by atoms with Gasteiger partial charge in [0.2, 0.25) is 0 Å². The van der Waals surface area contributed by atoms with Crippen LogP contribution in [0, 0.1) is 11.8 Å². The predicted octanol–water partition coefficient (Wildman–Crippen LogP) is 7.83. The minimum atomic E-state index is -0.870. The second-order valence-electron chi connectivity index (χ2n) is 9.54. The van der Waals surface area contributed by atoms with Crippen LogP contribution in [0.25, 0.3) is 11.1 Å². The second kappa shape index (κ2) is 12.4. The molecule has 0 saturated carbocycles. The van der Waals surface area contributed by atoms with Gasteiger partial charge in [0.25, 0.3) is 0 Å². The van der Waals surface area contributed by atoms with Crippen LogP contribution in [0.15, 0.2) is 42.5 Å². The molecule has 0 fully saturated rings. The Morgan fingerprint density at radius 1 is 0.939 bits per heavy atom. The molecule has 0 bridgehead atoms. The van der Waals surface area contributed by atoms with Gasteiger partial charge in [0.15, 0.2) is 0 Å². The molecule has 0 unspecified atom stereocenters. The number of esters is 1. The van der Waals surface area contributed by atoms with Crippen molar-refractivity contribution < 1.29 is 19.4 Å². The summed E-state index contributed by atoms with van der Waals surface area (Å²) >= 11 is 12.2. The number of ether oxygens (including phenoxy) is 1. The van der Waals surface area contributed by atoms with Gasteiger partial charge in [0, 0.05) is 10.0 Å². The molecule has 2 aromatic rings. The van der Waals surface area contributed by atoms with Gasteiger partial charge >= 0.3 is 11.9 Å². The number of aliphatic carboxylic acids is 1. The van der Waals surface area contributed by atoms with Crippen molar-refractivity contribution in [2.45, 2.75) is 71.8 Å². The maximum absolute atomic E-state index is 12.7. The Morgan fingerprint density at radius 3 is 2.06 bits per heavy atom. The lowest BCUT2D eigenvalue weighted by atomic mass is 9.87. The molecular weight excluding hydrogens is 459 g/mol. The number of benzene rings is 2. The van der Waals surface area contributed by atoms with Crippen LogP contribution in [0.4, 0.5) is 0 Å². The van der Waals surface area contributed by atoms with E-state index in [-0.39, 0.29) is 5.97 Å². The lowest BCUT2D eigenvalue weighted by Crippen LogP contribution is -2.31. The molecule has 0 heterocycles. The van der Waals surface area contributed by atoms with Crippen LogP contribution in [0.1, 0.15) is 65.4 Å². The van der Waals surface area contributed by atoms with E-state index in [0.29, 0.717) is 35.7 Å². The molecule has 0 saturated heterocycles. The molecule has 2 rings (SSSR count). The van der Waals surface area contributed by atoms with Crippen LogP contribution in [0.3, 0.4) is 0 Å². The Hall–Kier alpha value is -2.04. The average Bonchev–Trinajstić information content (AvgIpc) is 2.71. The largest absolute Gasteiger partial charge is 0.481 e. The van der Waals surface area contributed by atoms with E-state index >= 15 is 0 Å². The van der Waals surface area contributed by atoms with E-state index in [0.717, 1.165) is 29.5 Å². The zero-order valence-electron chi connectivity index (χ0n) is 19.9. The van der Waals surface area contributed by atoms with Crippen LogP contribution in [-0.2, 0) is 20.7 Å². The topological polar surface area (TPSA) is 63.6 Å². The van der Waals surface area contributed by atoms with Crippen LogP contribution in [0.5, 0.6) is 0 Å². The highest BCUT2D eigenvalue weighted by molar-refractivity contribution is 6.35. The van der Waals surface area contributed by atoms with Crippen LogP contribution in [-0.4, -0.2) is 22.6 Å². The highest BCUT2D eigenvalue weighted by atomic mass is 35.5. The van der Waals surface area contributed by atoms with Gasteiger partial charge in [-0.05, 0) is 81.3 Å². The highest BCUT2D eigenvalue weighted by Gasteiger charge is 2.30. The van der Waals surface area contributed by atoms with Gasteiger partial charge in [-0.1, -0.05) is 67.2 Å². The van der Waals surface area contributed by atoms with E-state index < -0.39 is 23.4 Å². The van der Waals surface area contributed by atoms with Gasteiger partial charge in [0.05, 0.1) is 11.8 Å². The SMILES string of the molecule is CCCC[C@@H](C[C@H](CCc1ccc(-c2cc(Cl)cc(Cl)c2)cc1)C(=O)O)C(=O)OC(C)(C)C. The van der Waals surface area contributed by atoms with Crippen molar-refractivity contribution in [3.63, 3.8) is 0 Å². The fraction of sp³-hybridized carbons (Fsp3) is 0.481. The smallest absolute Gasteiger partial charge is 0.309 e. The molecule has 0 aliphatic rings. The van der Waals surface area contributed by atoms with Crippen LogP contribution < -0.4 is 0 Å². The number of carboxylic acid groups (broad SMARTS) is 1. The van der Waals surface area contributed by atoms with E-state index in [4.69, 9.17) is 27.9 Å². The Labute approximate surface area is 207 Å². The van der Waals surface area contributed by atoms with Gasteiger partial charge in [0.1, 0.15) is 5.60 Å². The minimum Gasteiger partial charge on any atom is -0.481 e. The lowest BCUT2D eigenvalue weighted by molar-refractivity contribution is -0.161. The van der Waals surface area contributed by atoms with E-state index in [9.17, 15) is 14.7 Å². The van der Waals surface area contributed by atoms with Gasteiger partial charge in [-0.25, -0.2) is 0 Å². The number of halogens is 2. The van der Waals surface area contributed by atoms with Gasteiger partial charge in [-0.2, -0.15) is 0 Å². The van der Waals surface area contributed by atoms with Gasteiger partial charge < -0.3 is 9.84 Å². The third-order valence-corrected chi connectivity index (χ3v) is 5.93. The summed E-state index contributed by atoms with van der Waals surface area (Å²) < 4.78 is 5.56. The summed E-state index contributed by atoms with van der Waals surface area (Å²) in [5.41, 5.74) is 2.37. The Bertz CT molecular complexity index is 912. The number of carbonyl (C=O) groups is 2. The molecule has 2 aromatic carbocycles. The van der Waals surface area contributed by atoms with Crippen molar-refractivity contribution in [2.75, 3.05) is 0 Å². The van der Waals surface area contributed by atoms with E-state index in [1.807, 2.05) is 57.2 Å². The van der Waals surface area contributed by atoms with Crippen LogP contribution >= 0.6 is 23.2 Å². The zero-order valence-corrected chi connectivity index (χ0v) is 21.4. The number of hydrogen-bond acceptors (Lipinski definition) is 3.